The highest BCUT2D eigenvalue weighted by Gasteiger charge is 2.33. The number of piperidine rings is 1. The Morgan fingerprint density at radius 3 is 2.46 bits per heavy atom. The summed E-state index contributed by atoms with van der Waals surface area (Å²) in [6.45, 7) is 6.19. The second kappa shape index (κ2) is 10.9. The highest BCUT2D eigenvalue weighted by atomic mass is 32.2. The molecule has 5 rings (SSSR count). The van der Waals surface area contributed by atoms with Crippen molar-refractivity contribution in [1.82, 2.24) is 14.5 Å². The lowest BCUT2D eigenvalue weighted by atomic mass is 9.97. The van der Waals surface area contributed by atoms with Gasteiger partial charge in [-0.2, -0.15) is 4.31 Å². The number of rotatable bonds is 6. The predicted molar refractivity (Wildman–Crippen MR) is 143 cm³/mol. The average molecular weight is 525 g/mol. The fourth-order valence-corrected chi connectivity index (χ4v) is 7.32. The topological polar surface area (TPSA) is 90.0 Å². The number of fused-ring (bicyclic) bond motifs is 2. The first kappa shape index (κ1) is 25.9. The van der Waals surface area contributed by atoms with Crippen LogP contribution in [-0.4, -0.2) is 68.7 Å². The molecule has 0 unspecified atom stereocenters. The summed E-state index contributed by atoms with van der Waals surface area (Å²) in [6.07, 6.45) is 3.66. The minimum Gasteiger partial charge on any atom is -0.355 e. The van der Waals surface area contributed by atoms with E-state index in [0.717, 1.165) is 50.1 Å². The van der Waals surface area contributed by atoms with Crippen LogP contribution in [0.3, 0.4) is 0 Å². The van der Waals surface area contributed by atoms with Crippen molar-refractivity contribution in [3.8, 4) is 0 Å². The number of carbonyl (C=O) groups excluding carboxylic acids is 2. The van der Waals surface area contributed by atoms with Crippen molar-refractivity contribution in [3.05, 3.63) is 59.2 Å². The summed E-state index contributed by atoms with van der Waals surface area (Å²) < 4.78 is 28.2. The van der Waals surface area contributed by atoms with Crippen molar-refractivity contribution in [2.24, 2.45) is 5.92 Å². The van der Waals surface area contributed by atoms with Gasteiger partial charge in [-0.3, -0.25) is 14.5 Å². The van der Waals surface area contributed by atoms with E-state index in [1.54, 1.807) is 23.1 Å². The Hall–Kier alpha value is -2.75. The zero-order chi connectivity index (χ0) is 26.0. The third-order valence-corrected chi connectivity index (χ3v) is 9.84. The Kier molecular flexibility index (Phi) is 7.65. The van der Waals surface area contributed by atoms with E-state index in [0.29, 0.717) is 39.0 Å². The van der Waals surface area contributed by atoms with Gasteiger partial charge in [0.05, 0.1) is 4.90 Å². The van der Waals surface area contributed by atoms with E-state index < -0.39 is 10.0 Å². The molecule has 37 heavy (non-hydrogen) atoms. The molecule has 198 valence electrons. The van der Waals surface area contributed by atoms with Crippen LogP contribution in [0.25, 0.3) is 0 Å². The molecule has 0 aromatic heterocycles. The van der Waals surface area contributed by atoms with Crippen molar-refractivity contribution in [1.29, 1.82) is 0 Å². The molecule has 1 fully saturated rings. The molecule has 0 saturated carbocycles. The van der Waals surface area contributed by atoms with E-state index in [9.17, 15) is 18.0 Å². The van der Waals surface area contributed by atoms with Crippen LogP contribution in [-0.2, 0) is 39.0 Å². The fraction of sp³-hybridized carbons (Fsp3) is 0.500. The summed E-state index contributed by atoms with van der Waals surface area (Å²) in [5.41, 5.74) is 4.48. The van der Waals surface area contributed by atoms with E-state index in [4.69, 9.17) is 0 Å². The number of aryl methyl sites for hydroxylation is 1. The number of hydrogen-bond donors (Lipinski definition) is 1. The highest BCUT2D eigenvalue weighted by molar-refractivity contribution is 7.89. The van der Waals surface area contributed by atoms with Gasteiger partial charge in [-0.25, -0.2) is 8.42 Å². The van der Waals surface area contributed by atoms with Gasteiger partial charge in [0, 0.05) is 64.3 Å². The van der Waals surface area contributed by atoms with Crippen molar-refractivity contribution in [2.75, 3.05) is 44.2 Å². The van der Waals surface area contributed by atoms with E-state index >= 15 is 0 Å². The number of hydrogen-bond acceptors (Lipinski definition) is 5. The van der Waals surface area contributed by atoms with Crippen LogP contribution >= 0.6 is 0 Å². The lowest BCUT2D eigenvalue weighted by molar-refractivity contribution is -0.126. The molecule has 0 aliphatic carbocycles. The molecular weight excluding hydrogens is 488 g/mol. The number of amides is 2. The molecule has 9 heteroatoms. The molecule has 0 bridgehead atoms. The molecular formula is C28H36N4O4S. The minimum atomic E-state index is -3.65. The first-order valence-corrected chi connectivity index (χ1v) is 14.7. The van der Waals surface area contributed by atoms with Gasteiger partial charge in [0.15, 0.2) is 0 Å². The quantitative estimate of drug-likeness (QED) is 0.627. The van der Waals surface area contributed by atoms with Crippen LogP contribution in [0.4, 0.5) is 5.69 Å². The number of nitrogens with one attached hydrogen (secondary N) is 1. The number of anilines is 1. The molecule has 3 aliphatic heterocycles. The highest BCUT2D eigenvalue weighted by Crippen LogP contribution is 2.31. The summed E-state index contributed by atoms with van der Waals surface area (Å²) in [4.78, 5) is 29.1. The minimum absolute atomic E-state index is 0.0209. The van der Waals surface area contributed by atoms with E-state index in [1.807, 2.05) is 0 Å². The van der Waals surface area contributed by atoms with Crippen LogP contribution < -0.4 is 10.2 Å². The average Bonchev–Trinajstić information content (AvgIpc) is 2.92. The Morgan fingerprint density at radius 2 is 1.70 bits per heavy atom. The molecule has 3 heterocycles. The molecule has 0 radical (unpaired) electrons. The van der Waals surface area contributed by atoms with Gasteiger partial charge in [0.2, 0.25) is 21.8 Å². The summed E-state index contributed by atoms with van der Waals surface area (Å²) in [5.74, 6) is -0.174. The van der Waals surface area contributed by atoms with Gasteiger partial charge in [-0.05, 0) is 67.0 Å². The van der Waals surface area contributed by atoms with Crippen molar-refractivity contribution in [3.63, 3.8) is 0 Å². The van der Waals surface area contributed by atoms with Crippen LogP contribution in [0.2, 0.25) is 0 Å². The van der Waals surface area contributed by atoms with Crippen molar-refractivity contribution >= 4 is 27.5 Å². The number of sulfonamides is 1. The fourth-order valence-electron chi connectivity index (χ4n) is 5.80. The molecule has 0 atom stereocenters. The molecule has 2 aromatic rings. The summed E-state index contributed by atoms with van der Waals surface area (Å²) in [6, 6.07) is 13.6. The molecule has 2 amide bonds. The largest absolute Gasteiger partial charge is 0.355 e. The van der Waals surface area contributed by atoms with E-state index in [1.165, 1.54) is 22.4 Å². The molecule has 1 N–H and O–H groups in total. The predicted octanol–water partition coefficient (Wildman–Crippen LogP) is 2.56. The van der Waals surface area contributed by atoms with Crippen molar-refractivity contribution < 1.29 is 18.0 Å². The summed E-state index contributed by atoms with van der Waals surface area (Å²) >= 11 is 0. The first-order chi connectivity index (χ1) is 17.8. The maximum absolute atomic E-state index is 13.3. The Balaban J connectivity index is 1.12. The smallest absolute Gasteiger partial charge is 0.243 e. The lowest BCUT2D eigenvalue weighted by Crippen LogP contribution is -2.44. The Morgan fingerprint density at radius 1 is 0.946 bits per heavy atom. The molecule has 3 aliphatic rings. The normalized spacial score (nSPS) is 19.2. The SMILES string of the molecule is CC(=O)N1CCCc2cc(S(=O)(=O)N3CCC(C(=O)NCCN4CCc5ccccc5C4)CC3)ccc21. The lowest BCUT2D eigenvalue weighted by Gasteiger charge is -2.32. The zero-order valence-corrected chi connectivity index (χ0v) is 22.3. The van der Waals surface area contributed by atoms with E-state index in [2.05, 4.69) is 34.5 Å². The maximum Gasteiger partial charge on any atom is 0.243 e. The molecule has 8 nitrogen and oxygen atoms in total. The number of benzene rings is 2. The second-order valence-corrected chi connectivity index (χ2v) is 12.3. The third-order valence-electron chi connectivity index (χ3n) is 7.95. The molecule has 2 aromatic carbocycles. The summed E-state index contributed by atoms with van der Waals surface area (Å²) in [7, 11) is -3.65. The summed E-state index contributed by atoms with van der Waals surface area (Å²) in [5, 5.41) is 3.08. The van der Waals surface area contributed by atoms with Gasteiger partial charge < -0.3 is 10.2 Å². The molecule has 1 saturated heterocycles. The van der Waals surface area contributed by atoms with Gasteiger partial charge >= 0.3 is 0 Å². The standard InChI is InChI=1S/C28H36N4O4S/c1-21(33)32-14-4-7-24-19-26(8-9-27(24)32)37(35,36)31-16-11-23(12-17-31)28(34)29-13-18-30-15-10-22-5-2-3-6-25(22)20-30/h2-3,5-6,8-9,19,23H,4,7,10-18,20H2,1H3,(H,29,34). The monoisotopic (exact) mass is 524 g/mol. The Labute approximate surface area is 219 Å². The molecule has 0 spiro atoms. The zero-order valence-electron chi connectivity index (χ0n) is 21.5. The number of carbonyl (C=O) groups is 2. The van der Waals surface area contributed by atoms with E-state index in [-0.39, 0.29) is 22.6 Å². The van der Waals surface area contributed by atoms with Crippen molar-refractivity contribution in [2.45, 2.75) is 50.5 Å². The van der Waals surface area contributed by atoms with Gasteiger partial charge in [-0.1, -0.05) is 24.3 Å². The van der Waals surface area contributed by atoms with Crippen LogP contribution in [0.1, 0.15) is 42.9 Å². The maximum atomic E-state index is 13.3. The van der Waals surface area contributed by atoms with Crippen LogP contribution in [0.5, 0.6) is 0 Å². The first-order valence-electron chi connectivity index (χ1n) is 13.3. The van der Waals surface area contributed by atoms with Gasteiger partial charge in [0.25, 0.3) is 0 Å². The van der Waals surface area contributed by atoms with Gasteiger partial charge in [0.1, 0.15) is 0 Å². The second-order valence-electron chi connectivity index (χ2n) is 10.3. The van der Waals surface area contributed by atoms with Crippen LogP contribution in [0, 0.1) is 5.92 Å². The third kappa shape index (κ3) is 5.58. The Bertz CT molecular complexity index is 1270. The van der Waals surface area contributed by atoms with Gasteiger partial charge in [-0.15, -0.1) is 0 Å². The number of nitrogens with zero attached hydrogens (tertiary/aromatic N) is 3. The van der Waals surface area contributed by atoms with Crippen LogP contribution in [0.15, 0.2) is 47.4 Å².